The van der Waals surface area contributed by atoms with E-state index < -0.39 is 10.0 Å². The number of nitrogens with one attached hydrogen (secondary N) is 2. The molecule has 31 heavy (non-hydrogen) atoms. The SMILES string of the molecule is CCN(CCNC(=O)c1cccc(S(=O)(=O)N2CCNC(=O)C2)c1)c1cccc(C)c1. The molecule has 0 unspecified atom stereocenters. The summed E-state index contributed by atoms with van der Waals surface area (Å²) in [6, 6.07) is 14.1. The first-order valence-corrected chi connectivity index (χ1v) is 11.7. The Morgan fingerprint density at radius 2 is 1.97 bits per heavy atom. The number of amides is 2. The van der Waals surface area contributed by atoms with Crippen molar-refractivity contribution in [2.45, 2.75) is 18.7 Å². The lowest BCUT2D eigenvalue weighted by Crippen LogP contribution is -2.49. The van der Waals surface area contributed by atoms with E-state index in [2.05, 4.69) is 28.5 Å². The van der Waals surface area contributed by atoms with Crippen LogP contribution in [0.1, 0.15) is 22.8 Å². The van der Waals surface area contributed by atoms with Crippen LogP contribution >= 0.6 is 0 Å². The molecule has 3 rings (SSSR count). The van der Waals surface area contributed by atoms with Gasteiger partial charge in [-0.15, -0.1) is 0 Å². The number of benzene rings is 2. The lowest BCUT2D eigenvalue weighted by molar-refractivity contribution is -0.122. The quantitative estimate of drug-likeness (QED) is 0.641. The predicted octanol–water partition coefficient (Wildman–Crippen LogP) is 1.37. The van der Waals surface area contributed by atoms with E-state index in [-0.39, 0.29) is 41.9 Å². The maximum absolute atomic E-state index is 12.8. The summed E-state index contributed by atoms with van der Waals surface area (Å²) in [4.78, 5) is 26.3. The topological polar surface area (TPSA) is 98.8 Å². The van der Waals surface area contributed by atoms with Crippen LogP contribution in [0.25, 0.3) is 0 Å². The third-order valence-electron chi connectivity index (χ3n) is 5.15. The normalized spacial score (nSPS) is 14.7. The lowest BCUT2D eigenvalue weighted by atomic mass is 10.2. The molecule has 1 saturated heterocycles. The highest BCUT2D eigenvalue weighted by atomic mass is 32.2. The number of carbonyl (C=O) groups excluding carboxylic acids is 2. The van der Waals surface area contributed by atoms with E-state index in [9.17, 15) is 18.0 Å². The smallest absolute Gasteiger partial charge is 0.251 e. The summed E-state index contributed by atoms with van der Waals surface area (Å²) < 4.78 is 26.8. The van der Waals surface area contributed by atoms with Gasteiger partial charge in [-0.3, -0.25) is 9.59 Å². The van der Waals surface area contributed by atoms with Gasteiger partial charge < -0.3 is 15.5 Å². The number of likely N-dealkylation sites (N-methyl/N-ethyl adjacent to an activating group) is 1. The minimum Gasteiger partial charge on any atom is -0.370 e. The Hall–Kier alpha value is -2.91. The number of hydrogen-bond acceptors (Lipinski definition) is 5. The molecule has 1 heterocycles. The monoisotopic (exact) mass is 444 g/mol. The third kappa shape index (κ3) is 5.62. The molecule has 0 bridgehead atoms. The highest BCUT2D eigenvalue weighted by Gasteiger charge is 2.29. The zero-order chi connectivity index (χ0) is 22.4. The Kier molecular flexibility index (Phi) is 7.29. The number of aryl methyl sites for hydroxylation is 1. The summed E-state index contributed by atoms with van der Waals surface area (Å²) in [5, 5.41) is 5.46. The van der Waals surface area contributed by atoms with Crippen molar-refractivity contribution in [3.8, 4) is 0 Å². The average molecular weight is 445 g/mol. The fourth-order valence-electron chi connectivity index (χ4n) is 3.47. The second kappa shape index (κ2) is 9.93. The van der Waals surface area contributed by atoms with Crippen molar-refractivity contribution < 1.29 is 18.0 Å². The number of carbonyl (C=O) groups is 2. The molecule has 0 atom stereocenters. The third-order valence-corrected chi connectivity index (χ3v) is 6.99. The van der Waals surface area contributed by atoms with Gasteiger partial charge in [-0.25, -0.2) is 8.42 Å². The van der Waals surface area contributed by atoms with Gasteiger partial charge >= 0.3 is 0 Å². The van der Waals surface area contributed by atoms with Gasteiger partial charge in [0.05, 0.1) is 11.4 Å². The van der Waals surface area contributed by atoms with Crippen LogP contribution in [0.15, 0.2) is 53.4 Å². The second-order valence-corrected chi connectivity index (χ2v) is 9.33. The van der Waals surface area contributed by atoms with E-state index in [1.54, 1.807) is 6.07 Å². The van der Waals surface area contributed by atoms with Gasteiger partial charge in [-0.05, 0) is 49.7 Å². The summed E-state index contributed by atoms with van der Waals surface area (Å²) in [7, 11) is -3.84. The number of sulfonamides is 1. The molecule has 1 fully saturated rings. The van der Waals surface area contributed by atoms with Gasteiger partial charge in [-0.1, -0.05) is 18.2 Å². The Bertz CT molecular complexity index is 1050. The van der Waals surface area contributed by atoms with Crippen molar-refractivity contribution in [2.75, 3.05) is 44.2 Å². The molecule has 1 aliphatic rings. The van der Waals surface area contributed by atoms with Crippen LogP contribution in [0.5, 0.6) is 0 Å². The van der Waals surface area contributed by atoms with Crippen LogP contribution in [-0.4, -0.2) is 63.8 Å². The van der Waals surface area contributed by atoms with Crippen LogP contribution in [0.2, 0.25) is 0 Å². The van der Waals surface area contributed by atoms with Crippen LogP contribution in [-0.2, 0) is 14.8 Å². The minimum absolute atomic E-state index is 0.00444. The molecule has 1 aliphatic heterocycles. The maximum Gasteiger partial charge on any atom is 0.251 e. The van der Waals surface area contributed by atoms with Crippen molar-refractivity contribution >= 4 is 27.5 Å². The molecule has 2 aromatic carbocycles. The number of nitrogens with zero attached hydrogens (tertiary/aromatic N) is 2. The molecule has 0 radical (unpaired) electrons. The first kappa shape index (κ1) is 22.8. The molecular weight excluding hydrogens is 416 g/mol. The van der Waals surface area contributed by atoms with Crippen molar-refractivity contribution in [1.29, 1.82) is 0 Å². The molecular formula is C22H28N4O4S. The largest absolute Gasteiger partial charge is 0.370 e. The summed E-state index contributed by atoms with van der Waals surface area (Å²) in [5.41, 5.74) is 2.53. The molecule has 0 saturated carbocycles. The van der Waals surface area contributed by atoms with Gasteiger partial charge in [0, 0.05) is 44.0 Å². The first-order valence-electron chi connectivity index (χ1n) is 10.3. The molecule has 2 amide bonds. The van der Waals surface area contributed by atoms with Gasteiger partial charge in [0.15, 0.2) is 0 Å². The van der Waals surface area contributed by atoms with E-state index >= 15 is 0 Å². The summed E-state index contributed by atoms with van der Waals surface area (Å²) in [5.74, 6) is -0.674. The maximum atomic E-state index is 12.8. The first-order chi connectivity index (χ1) is 14.8. The number of rotatable bonds is 8. The molecule has 0 aliphatic carbocycles. The Morgan fingerprint density at radius 3 is 2.68 bits per heavy atom. The van der Waals surface area contributed by atoms with Crippen LogP contribution < -0.4 is 15.5 Å². The Morgan fingerprint density at radius 1 is 1.19 bits per heavy atom. The molecule has 166 valence electrons. The average Bonchev–Trinajstić information content (AvgIpc) is 2.76. The fourth-order valence-corrected chi connectivity index (χ4v) is 4.91. The predicted molar refractivity (Wildman–Crippen MR) is 120 cm³/mol. The Labute approximate surface area is 183 Å². The molecule has 0 spiro atoms. The van der Waals surface area contributed by atoms with E-state index in [0.29, 0.717) is 13.1 Å². The number of hydrogen-bond donors (Lipinski definition) is 2. The Balaban J connectivity index is 1.64. The molecule has 8 nitrogen and oxygen atoms in total. The molecule has 2 N–H and O–H groups in total. The van der Waals surface area contributed by atoms with Crippen LogP contribution in [0.3, 0.4) is 0 Å². The molecule has 0 aromatic heterocycles. The standard InChI is InChI=1S/C22H28N4O4S/c1-3-25(19-8-4-6-17(2)14-19)12-10-24-22(28)18-7-5-9-20(15-18)31(29,30)26-13-11-23-21(27)16-26/h4-9,14-15H,3,10-13,16H2,1-2H3,(H,23,27)(H,24,28). The van der Waals surface area contributed by atoms with E-state index in [4.69, 9.17) is 0 Å². The highest BCUT2D eigenvalue weighted by molar-refractivity contribution is 7.89. The van der Waals surface area contributed by atoms with Crippen LogP contribution in [0.4, 0.5) is 5.69 Å². The highest BCUT2D eigenvalue weighted by Crippen LogP contribution is 2.18. The van der Waals surface area contributed by atoms with Gasteiger partial charge in [0.2, 0.25) is 15.9 Å². The molecule has 2 aromatic rings. The summed E-state index contributed by atoms with van der Waals surface area (Å²) in [6.45, 7) is 6.21. The number of piperazine rings is 1. The van der Waals surface area contributed by atoms with Crippen molar-refractivity contribution in [3.05, 3.63) is 59.7 Å². The van der Waals surface area contributed by atoms with E-state index in [1.165, 1.54) is 23.8 Å². The fraction of sp³-hybridized carbons (Fsp3) is 0.364. The lowest BCUT2D eigenvalue weighted by Gasteiger charge is -2.26. The molecule has 9 heteroatoms. The summed E-state index contributed by atoms with van der Waals surface area (Å²) in [6.07, 6.45) is 0. The zero-order valence-corrected chi connectivity index (χ0v) is 18.6. The van der Waals surface area contributed by atoms with Gasteiger partial charge in [-0.2, -0.15) is 4.31 Å². The van der Waals surface area contributed by atoms with E-state index in [1.807, 2.05) is 25.1 Å². The van der Waals surface area contributed by atoms with Gasteiger partial charge in [0.1, 0.15) is 0 Å². The number of anilines is 1. The van der Waals surface area contributed by atoms with Crippen molar-refractivity contribution in [2.24, 2.45) is 0 Å². The zero-order valence-electron chi connectivity index (χ0n) is 17.8. The van der Waals surface area contributed by atoms with Crippen molar-refractivity contribution in [1.82, 2.24) is 14.9 Å². The summed E-state index contributed by atoms with van der Waals surface area (Å²) >= 11 is 0. The van der Waals surface area contributed by atoms with Crippen LogP contribution in [0, 0.1) is 6.92 Å². The minimum atomic E-state index is -3.84. The van der Waals surface area contributed by atoms with E-state index in [0.717, 1.165) is 16.5 Å². The second-order valence-electron chi connectivity index (χ2n) is 7.39. The van der Waals surface area contributed by atoms with Gasteiger partial charge in [0.25, 0.3) is 5.91 Å². The van der Waals surface area contributed by atoms with Crippen molar-refractivity contribution in [3.63, 3.8) is 0 Å².